The summed E-state index contributed by atoms with van der Waals surface area (Å²) in [7, 11) is 0. The van der Waals surface area contributed by atoms with Crippen LogP contribution in [0.1, 0.15) is 0 Å². The van der Waals surface area contributed by atoms with E-state index in [-0.39, 0.29) is 4.70 Å². The molecule has 0 amide bonds. The number of rotatable bonds is 1. The van der Waals surface area contributed by atoms with Crippen molar-refractivity contribution < 1.29 is 4.70 Å². The molecule has 0 N–H and O–H groups in total. The minimum Gasteiger partial charge on any atom is -0.269 e. The Morgan fingerprint density at radius 3 is 1.83 bits per heavy atom. The molecule has 0 unspecified atom stereocenters. The molecule has 0 aliphatic rings. The largest absolute Gasteiger partial charge is 0.269 e. The lowest BCUT2D eigenvalue weighted by atomic mass is 10.6. The minimum atomic E-state index is 0. The topological polar surface area (TPSA) is 0 Å². The summed E-state index contributed by atoms with van der Waals surface area (Å²) in [6.07, 6.45) is 1.49. The third kappa shape index (κ3) is 9.33. The van der Waals surface area contributed by atoms with Gasteiger partial charge in [-0.1, -0.05) is 30.8 Å². The Morgan fingerprint density at radius 1 is 1.67 bits per heavy atom. The van der Waals surface area contributed by atoms with Gasteiger partial charge in [-0.05, 0) is 0 Å². The standard InChI is InChI=1S/C4H5Cl.FH/c1-3-4(2)5;/h3H,1-2H2;1H. The van der Waals surface area contributed by atoms with Crippen molar-refractivity contribution in [2.45, 2.75) is 0 Å². The lowest BCUT2D eigenvalue weighted by molar-refractivity contribution is 1.11. The molecule has 0 atom stereocenters. The van der Waals surface area contributed by atoms with Gasteiger partial charge in [0.1, 0.15) is 0 Å². The molecular formula is C4H6ClF. The zero-order valence-corrected chi connectivity index (χ0v) is 4.03. The van der Waals surface area contributed by atoms with Crippen LogP contribution >= 0.6 is 11.6 Å². The summed E-state index contributed by atoms with van der Waals surface area (Å²) in [5.41, 5.74) is 0. The van der Waals surface area contributed by atoms with E-state index in [1.807, 2.05) is 0 Å². The zero-order valence-electron chi connectivity index (χ0n) is 3.28. The Morgan fingerprint density at radius 2 is 1.83 bits per heavy atom. The van der Waals surface area contributed by atoms with Crippen LogP contribution in [0.25, 0.3) is 0 Å². The van der Waals surface area contributed by atoms with Crippen LogP contribution in [-0.4, -0.2) is 0 Å². The lowest BCUT2D eigenvalue weighted by Gasteiger charge is -1.67. The highest BCUT2D eigenvalue weighted by Crippen LogP contribution is 1.92. The van der Waals surface area contributed by atoms with Crippen molar-refractivity contribution in [2.75, 3.05) is 0 Å². The number of hydrogen-bond donors (Lipinski definition) is 0. The van der Waals surface area contributed by atoms with Gasteiger partial charge < -0.3 is 0 Å². The average Bonchev–Trinajstić information content (AvgIpc) is 1.38. The molecule has 0 bridgehead atoms. The summed E-state index contributed by atoms with van der Waals surface area (Å²) in [6.45, 7) is 6.65. The van der Waals surface area contributed by atoms with Crippen LogP contribution in [0.2, 0.25) is 0 Å². The van der Waals surface area contributed by atoms with Crippen LogP contribution in [-0.2, 0) is 0 Å². The summed E-state index contributed by atoms with van der Waals surface area (Å²) in [5.74, 6) is 0. The molecule has 0 spiro atoms. The molecule has 0 aromatic carbocycles. The van der Waals surface area contributed by atoms with Crippen molar-refractivity contribution >= 4 is 11.6 Å². The number of halogens is 2. The first kappa shape index (κ1) is 9.20. The Hall–Kier alpha value is -0.300. The van der Waals surface area contributed by atoms with Gasteiger partial charge in [0, 0.05) is 5.03 Å². The van der Waals surface area contributed by atoms with Crippen molar-refractivity contribution in [3.05, 3.63) is 24.3 Å². The summed E-state index contributed by atoms with van der Waals surface area (Å²) < 4.78 is 0. The summed E-state index contributed by atoms with van der Waals surface area (Å²) >= 11 is 5.15. The highest BCUT2D eigenvalue weighted by atomic mass is 35.5. The molecular weight excluding hydrogens is 102 g/mol. The summed E-state index contributed by atoms with van der Waals surface area (Å²) in [6, 6.07) is 0. The molecule has 0 aliphatic heterocycles. The van der Waals surface area contributed by atoms with Gasteiger partial charge in [0.05, 0.1) is 0 Å². The molecule has 0 saturated heterocycles. The van der Waals surface area contributed by atoms with E-state index >= 15 is 0 Å². The fraction of sp³-hybridized carbons (Fsp3) is 0. The van der Waals surface area contributed by atoms with Gasteiger partial charge in [0.2, 0.25) is 0 Å². The molecule has 0 heterocycles. The Bertz CT molecular complexity index is 58.6. The van der Waals surface area contributed by atoms with Crippen LogP contribution in [0.15, 0.2) is 24.3 Å². The van der Waals surface area contributed by atoms with E-state index in [9.17, 15) is 0 Å². The van der Waals surface area contributed by atoms with Crippen LogP contribution < -0.4 is 0 Å². The van der Waals surface area contributed by atoms with E-state index in [2.05, 4.69) is 13.2 Å². The highest BCUT2D eigenvalue weighted by Gasteiger charge is 1.63. The molecule has 0 aromatic rings. The number of hydrogen-bond acceptors (Lipinski definition) is 0. The average molecular weight is 109 g/mol. The predicted octanol–water partition coefficient (Wildman–Crippen LogP) is 2.08. The SMILES string of the molecule is C=CC(=C)Cl.F. The minimum absolute atomic E-state index is 0. The van der Waals surface area contributed by atoms with E-state index in [1.54, 1.807) is 0 Å². The Balaban J connectivity index is 0. The van der Waals surface area contributed by atoms with Gasteiger partial charge in [-0.15, -0.1) is 0 Å². The van der Waals surface area contributed by atoms with Crippen LogP contribution in [0.5, 0.6) is 0 Å². The first-order chi connectivity index (χ1) is 2.27. The van der Waals surface area contributed by atoms with Crippen LogP contribution in [0.3, 0.4) is 0 Å². The maximum absolute atomic E-state index is 5.15. The van der Waals surface area contributed by atoms with Crippen LogP contribution in [0, 0.1) is 0 Å². The third-order valence-corrected chi connectivity index (χ3v) is 0.376. The fourth-order valence-electron chi connectivity index (χ4n) is 0. The molecule has 0 aliphatic carbocycles. The van der Waals surface area contributed by atoms with Crippen molar-refractivity contribution in [1.29, 1.82) is 0 Å². The molecule has 2 heteroatoms. The first-order valence-corrected chi connectivity index (χ1v) is 1.62. The third-order valence-electron chi connectivity index (χ3n) is 0.221. The molecule has 6 heavy (non-hydrogen) atoms. The summed E-state index contributed by atoms with van der Waals surface area (Å²) in [5, 5.41) is 0.491. The van der Waals surface area contributed by atoms with Crippen molar-refractivity contribution in [3.63, 3.8) is 0 Å². The smallest absolute Gasteiger partial charge is 0.0328 e. The molecule has 0 saturated carbocycles. The lowest BCUT2D eigenvalue weighted by Crippen LogP contribution is -1.42. The number of allylic oxidation sites excluding steroid dienone is 2. The predicted molar refractivity (Wildman–Crippen MR) is 27.7 cm³/mol. The zero-order chi connectivity index (χ0) is 4.28. The Kier molecular flexibility index (Phi) is 7.20. The van der Waals surface area contributed by atoms with Crippen molar-refractivity contribution in [2.24, 2.45) is 0 Å². The molecule has 36 valence electrons. The molecule has 0 nitrogen and oxygen atoms in total. The normalized spacial score (nSPS) is 5.50. The monoisotopic (exact) mass is 108 g/mol. The second-order valence-corrected chi connectivity index (χ2v) is 1.14. The quantitative estimate of drug-likeness (QED) is 0.451. The molecule has 0 fully saturated rings. The first-order valence-electron chi connectivity index (χ1n) is 1.24. The van der Waals surface area contributed by atoms with Gasteiger partial charge in [-0.25, -0.2) is 0 Å². The Labute approximate surface area is 41.5 Å². The van der Waals surface area contributed by atoms with Gasteiger partial charge >= 0.3 is 0 Å². The molecule has 0 radical (unpaired) electrons. The summed E-state index contributed by atoms with van der Waals surface area (Å²) in [4.78, 5) is 0. The molecule has 0 rings (SSSR count). The fourth-order valence-corrected chi connectivity index (χ4v) is 0. The van der Waals surface area contributed by atoms with Gasteiger partial charge in [0.25, 0.3) is 0 Å². The van der Waals surface area contributed by atoms with Crippen LogP contribution in [0.4, 0.5) is 4.70 Å². The van der Waals surface area contributed by atoms with Crippen molar-refractivity contribution in [1.82, 2.24) is 0 Å². The van der Waals surface area contributed by atoms with E-state index in [4.69, 9.17) is 11.6 Å². The second kappa shape index (κ2) is 4.70. The van der Waals surface area contributed by atoms with E-state index in [1.165, 1.54) is 6.08 Å². The maximum Gasteiger partial charge on any atom is 0.0328 e. The van der Waals surface area contributed by atoms with E-state index in [0.717, 1.165) is 0 Å². The highest BCUT2D eigenvalue weighted by molar-refractivity contribution is 6.30. The van der Waals surface area contributed by atoms with Gasteiger partial charge in [-0.3, -0.25) is 4.70 Å². The second-order valence-electron chi connectivity index (χ2n) is 0.651. The molecule has 0 aromatic heterocycles. The van der Waals surface area contributed by atoms with E-state index < -0.39 is 0 Å². The van der Waals surface area contributed by atoms with E-state index in [0.29, 0.717) is 5.03 Å². The van der Waals surface area contributed by atoms with Gasteiger partial charge in [-0.2, -0.15) is 0 Å². The maximum atomic E-state index is 5.15. The van der Waals surface area contributed by atoms with Gasteiger partial charge in [0.15, 0.2) is 0 Å². The van der Waals surface area contributed by atoms with Crippen molar-refractivity contribution in [3.8, 4) is 0 Å².